The molecule has 0 fully saturated rings. The number of alkyl halides is 3. The van der Waals surface area contributed by atoms with E-state index in [4.69, 9.17) is 20.5 Å². The number of hydrazone groups is 1. The fraction of sp³-hybridized carbons (Fsp3) is 0.143. The number of halogens is 4. The van der Waals surface area contributed by atoms with Crippen LogP contribution < -0.4 is 14.3 Å². The Morgan fingerprint density at radius 1 is 1.05 bits per heavy atom. The zero-order valence-corrected chi connectivity index (χ0v) is 23.4. The van der Waals surface area contributed by atoms with Crippen LogP contribution in [0.3, 0.4) is 0 Å². The van der Waals surface area contributed by atoms with Crippen LogP contribution in [-0.4, -0.2) is 37.6 Å². The van der Waals surface area contributed by atoms with Gasteiger partial charge in [0, 0.05) is 30.1 Å². The Morgan fingerprint density at radius 3 is 2.52 bits per heavy atom. The van der Waals surface area contributed by atoms with Crippen molar-refractivity contribution in [1.82, 2.24) is 15.4 Å². The minimum Gasteiger partial charge on any atom is -0.497 e. The van der Waals surface area contributed by atoms with Gasteiger partial charge in [-0.15, -0.1) is 0 Å². The van der Waals surface area contributed by atoms with Crippen LogP contribution >= 0.6 is 11.6 Å². The van der Waals surface area contributed by atoms with Gasteiger partial charge in [0.05, 0.1) is 36.0 Å². The van der Waals surface area contributed by atoms with Crippen molar-refractivity contribution in [3.63, 3.8) is 0 Å². The molecule has 0 unspecified atom stereocenters. The summed E-state index contributed by atoms with van der Waals surface area (Å²) in [6.07, 6.45) is -1.60. The first-order valence-corrected chi connectivity index (χ1v) is 13.9. The van der Waals surface area contributed by atoms with Crippen molar-refractivity contribution in [2.24, 2.45) is 5.10 Å². The van der Waals surface area contributed by atoms with E-state index in [1.54, 1.807) is 42.5 Å². The Balaban J connectivity index is 1.41. The Kier molecular flexibility index (Phi) is 9.43. The zero-order chi connectivity index (χ0) is 30.3. The maximum Gasteiger partial charge on any atom is 0.417 e. The summed E-state index contributed by atoms with van der Waals surface area (Å²) in [5.41, 5.74) is 2.86. The summed E-state index contributed by atoms with van der Waals surface area (Å²) in [6, 6.07) is 16.5. The van der Waals surface area contributed by atoms with Crippen LogP contribution in [0.15, 0.2) is 89.1 Å². The maximum atomic E-state index is 12.9. The molecule has 4 aromatic rings. The molecule has 2 aromatic heterocycles. The van der Waals surface area contributed by atoms with Gasteiger partial charge < -0.3 is 8.92 Å². The lowest BCUT2D eigenvalue weighted by Crippen LogP contribution is -2.20. The van der Waals surface area contributed by atoms with Gasteiger partial charge in [-0.05, 0) is 48.0 Å². The quantitative estimate of drug-likeness (QED) is 0.147. The number of carbonyl (C=O) groups excluding carboxylic acids is 1. The second-order valence-electron chi connectivity index (χ2n) is 8.71. The van der Waals surface area contributed by atoms with Crippen LogP contribution in [0.25, 0.3) is 0 Å². The Hall–Kier alpha value is -4.49. The smallest absolute Gasteiger partial charge is 0.417 e. The van der Waals surface area contributed by atoms with Crippen molar-refractivity contribution in [3.8, 4) is 11.5 Å². The van der Waals surface area contributed by atoms with E-state index in [1.165, 1.54) is 31.5 Å². The molecule has 0 spiro atoms. The number of pyridine rings is 2. The molecular weight excluding hydrogens is 597 g/mol. The molecule has 2 aromatic carbocycles. The number of ether oxygens (including phenoxy) is 1. The summed E-state index contributed by atoms with van der Waals surface area (Å²) in [7, 11) is -2.81. The van der Waals surface area contributed by atoms with Gasteiger partial charge in [0.2, 0.25) is 5.91 Å². The molecule has 0 aliphatic rings. The molecule has 0 bridgehead atoms. The van der Waals surface area contributed by atoms with Crippen LogP contribution in [0, 0.1) is 0 Å². The minimum absolute atomic E-state index is 0.0268. The molecule has 0 aliphatic carbocycles. The van der Waals surface area contributed by atoms with E-state index in [2.05, 4.69) is 20.5 Å². The number of methoxy groups -OCH3 is 1. The third kappa shape index (κ3) is 8.04. The molecule has 42 heavy (non-hydrogen) atoms. The fourth-order valence-corrected chi connectivity index (χ4v) is 4.73. The summed E-state index contributed by atoms with van der Waals surface area (Å²) in [5, 5.41) is 3.71. The van der Waals surface area contributed by atoms with Gasteiger partial charge in [-0.25, -0.2) is 5.43 Å². The monoisotopic (exact) mass is 618 g/mol. The van der Waals surface area contributed by atoms with Gasteiger partial charge in [0.1, 0.15) is 10.6 Å². The first kappa shape index (κ1) is 30.5. The van der Waals surface area contributed by atoms with E-state index in [0.29, 0.717) is 17.6 Å². The number of nitrogens with one attached hydrogen (secondary N) is 1. The summed E-state index contributed by atoms with van der Waals surface area (Å²) >= 11 is 5.95. The SMILES string of the molecule is COc1cccc(CC(=O)NN=Cc2ccccc2OS(=O)(=O)c2ccc(Cc3ncc(C(F)(F)F)cc3Cl)nc2)c1. The van der Waals surface area contributed by atoms with E-state index < -0.39 is 27.8 Å². The summed E-state index contributed by atoms with van der Waals surface area (Å²) < 4.78 is 74.8. The number of para-hydroxylation sites is 1. The maximum absolute atomic E-state index is 12.9. The number of nitrogens with zero attached hydrogens (tertiary/aromatic N) is 3. The van der Waals surface area contributed by atoms with Crippen molar-refractivity contribution < 1.29 is 35.3 Å². The predicted molar refractivity (Wildman–Crippen MR) is 148 cm³/mol. The van der Waals surface area contributed by atoms with Gasteiger partial charge >= 0.3 is 16.3 Å². The van der Waals surface area contributed by atoms with Crippen molar-refractivity contribution >= 4 is 33.8 Å². The molecule has 218 valence electrons. The number of benzene rings is 2. The molecule has 0 atom stereocenters. The van der Waals surface area contributed by atoms with E-state index >= 15 is 0 Å². The van der Waals surface area contributed by atoms with Crippen molar-refractivity contribution in [1.29, 1.82) is 0 Å². The molecule has 9 nitrogen and oxygen atoms in total. The Morgan fingerprint density at radius 2 is 1.83 bits per heavy atom. The third-order valence-electron chi connectivity index (χ3n) is 5.69. The molecule has 0 aliphatic heterocycles. The normalized spacial score (nSPS) is 11.8. The van der Waals surface area contributed by atoms with Crippen molar-refractivity contribution in [2.45, 2.75) is 23.9 Å². The summed E-state index contributed by atoms with van der Waals surface area (Å²) in [6.45, 7) is 0. The highest BCUT2D eigenvalue weighted by Gasteiger charge is 2.31. The van der Waals surface area contributed by atoms with Crippen molar-refractivity contribution in [2.75, 3.05) is 7.11 Å². The lowest BCUT2D eigenvalue weighted by atomic mass is 10.1. The number of hydrogen-bond donors (Lipinski definition) is 1. The standard InChI is InChI=1S/C28H22ClF3N4O5S/c1-40-22-7-4-5-18(11-22)12-27(37)36-35-15-19-6-2-3-8-26(19)41-42(38,39)23-10-9-21(33-17-23)14-25-24(29)13-20(16-34-25)28(30,31)32/h2-11,13,15-17H,12,14H2,1H3,(H,36,37). The first-order valence-electron chi connectivity index (χ1n) is 12.1. The Labute approximate surface area is 244 Å². The average Bonchev–Trinajstić information content (AvgIpc) is 2.95. The number of carbonyl (C=O) groups is 1. The predicted octanol–water partition coefficient (Wildman–Crippen LogP) is 5.21. The molecule has 0 saturated heterocycles. The van der Waals surface area contributed by atoms with Crippen LogP contribution in [0.1, 0.15) is 28.1 Å². The highest BCUT2D eigenvalue weighted by atomic mass is 35.5. The molecule has 2 heterocycles. The largest absolute Gasteiger partial charge is 0.497 e. The molecule has 1 N–H and O–H groups in total. The molecule has 1 amide bonds. The van der Waals surface area contributed by atoms with E-state index in [-0.39, 0.29) is 39.8 Å². The van der Waals surface area contributed by atoms with Crippen LogP contribution in [0.5, 0.6) is 11.5 Å². The van der Waals surface area contributed by atoms with E-state index in [9.17, 15) is 26.4 Å². The summed E-state index contributed by atoms with van der Waals surface area (Å²) in [4.78, 5) is 19.8. The van der Waals surface area contributed by atoms with E-state index in [0.717, 1.165) is 17.8 Å². The molecule has 0 saturated carbocycles. The Bertz CT molecular complexity index is 1720. The average molecular weight is 619 g/mol. The van der Waals surface area contributed by atoms with Gasteiger partial charge in [-0.1, -0.05) is 35.9 Å². The van der Waals surface area contributed by atoms with Crippen LogP contribution in [0.2, 0.25) is 5.02 Å². The second kappa shape index (κ2) is 13.0. The lowest BCUT2D eigenvalue weighted by molar-refractivity contribution is -0.137. The summed E-state index contributed by atoms with van der Waals surface area (Å²) in [5.74, 6) is 0.166. The fourth-order valence-electron chi connectivity index (χ4n) is 3.60. The lowest BCUT2D eigenvalue weighted by Gasteiger charge is -2.10. The molecule has 14 heteroatoms. The third-order valence-corrected chi connectivity index (χ3v) is 7.23. The molecule has 4 rings (SSSR count). The van der Waals surface area contributed by atoms with E-state index in [1.807, 2.05) is 0 Å². The molecular formula is C28H22ClF3N4O5S. The van der Waals surface area contributed by atoms with Crippen molar-refractivity contribution in [3.05, 3.63) is 112 Å². The second-order valence-corrected chi connectivity index (χ2v) is 10.7. The highest BCUT2D eigenvalue weighted by molar-refractivity contribution is 7.87. The van der Waals surface area contributed by atoms with Gasteiger partial charge in [-0.2, -0.15) is 26.7 Å². The van der Waals surface area contributed by atoms with Crippen LogP contribution in [-0.2, 0) is 33.9 Å². The number of aromatic nitrogens is 2. The van der Waals surface area contributed by atoms with Gasteiger partial charge in [0.25, 0.3) is 0 Å². The minimum atomic E-state index is -4.58. The topological polar surface area (TPSA) is 120 Å². The zero-order valence-electron chi connectivity index (χ0n) is 21.8. The first-order chi connectivity index (χ1) is 19.9. The van der Waals surface area contributed by atoms with Crippen LogP contribution in [0.4, 0.5) is 13.2 Å². The number of amides is 1. The number of hydrogen-bond acceptors (Lipinski definition) is 8. The molecule has 0 radical (unpaired) electrons. The highest BCUT2D eigenvalue weighted by Crippen LogP contribution is 2.31. The van der Waals surface area contributed by atoms with Gasteiger partial charge in [0.15, 0.2) is 5.75 Å². The number of rotatable bonds is 10. The van der Waals surface area contributed by atoms with Gasteiger partial charge in [-0.3, -0.25) is 14.8 Å².